The lowest BCUT2D eigenvalue weighted by Crippen LogP contribution is -2.21. The van der Waals surface area contributed by atoms with Crippen molar-refractivity contribution in [1.29, 1.82) is 5.26 Å². The second-order valence-corrected chi connectivity index (χ2v) is 7.63. The molecular weight excluding hydrogens is 400 g/mol. The molecule has 2 aromatic carbocycles. The first-order valence-electron chi connectivity index (χ1n) is 7.53. The molecule has 0 atom stereocenters. The standard InChI is InChI=1S/C18H12F4N2O3S/c1-11(10-28(26,27)15-6-3-13(19)4-7-15)17(25)24-14-5-2-12(9-23)16(8-14)18(20,21)22/h2-8H,1,10H2,(H,24,25). The molecule has 0 aliphatic heterocycles. The fraction of sp³-hybridized carbons (Fsp3) is 0.111. The third-order valence-corrected chi connectivity index (χ3v) is 5.28. The molecule has 0 aliphatic rings. The Balaban J connectivity index is 2.18. The molecular formula is C18H12F4N2O3S. The first-order valence-corrected chi connectivity index (χ1v) is 9.18. The highest BCUT2D eigenvalue weighted by molar-refractivity contribution is 7.91. The van der Waals surface area contributed by atoms with Gasteiger partial charge in [-0.15, -0.1) is 0 Å². The van der Waals surface area contributed by atoms with E-state index in [9.17, 15) is 30.8 Å². The van der Waals surface area contributed by atoms with Gasteiger partial charge in [0.05, 0.1) is 27.8 Å². The van der Waals surface area contributed by atoms with Crippen LogP contribution in [0.25, 0.3) is 0 Å². The van der Waals surface area contributed by atoms with E-state index in [0.717, 1.165) is 36.4 Å². The summed E-state index contributed by atoms with van der Waals surface area (Å²) in [6, 6.07) is 7.84. The van der Waals surface area contributed by atoms with Gasteiger partial charge >= 0.3 is 6.18 Å². The Bertz CT molecular complexity index is 1070. The maximum Gasteiger partial charge on any atom is 0.417 e. The molecule has 1 amide bonds. The summed E-state index contributed by atoms with van der Waals surface area (Å²) in [4.78, 5) is 11.9. The van der Waals surface area contributed by atoms with E-state index in [1.54, 1.807) is 0 Å². The van der Waals surface area contributed by atoms with E-state index < -0.39 is 50.2 Å². The molecule has 0 saturated carbocycles. The van der Waals surface area contributed by atoms with Gasteiger partial charge in [-0.1, -0.05) is 6.58 Å². The molecule has 5 nitrogen and oxygen atoms in total. The normalized spacial score (nSPS) is 11.5. The van der Waals surface area contributed by atoms with Crippen molar-refractivity contribution < 1.29 is 30.8 Å². The van der Waals surface area contributed by atoms with Crippen molar-refractivity contribution in [1.82, 2.24) is 0 Å². The van der Waals surface area contributed by atoms with Crippen molar-refractivity contribution in [3.63, 3.8) is 0 Å². The quantitative estimate of drug-likeness (QED) is 0.461. The van der Waals surface area contributed by atoms with Crippen molar-refractivity contribution in [2.45, 2.75) is 11.1 Å². The minimum atomic E-state index is -4.81. The molecule has 0 bridgehead atoms. The number of sulfone groups is 1. The minimum absolute atomic E-state index is 0.236. The van der Waals surface area contributed by atoms with E-state index in [0.29, 0.717) is 6.07 Å². The molecule has 1 N–H and O–H groups in total. The monoisotopic (exact) mass is 412 g/mol. The van der Waals surface area contributed by atoms with Crippen LogP contribution in [0.5, 0.6) is 0 Å². The summed E-state index contributed by atoms with van der Waals surface area (Å²) in [5.41, 5.74) is -2.57. The fourth-order valence-corrected chi connectivity index (χ4v) is 3.50. The molecule has 0 unspecified atom stereocenters. The topological polar surface area (TPSA) is 87.0 Å². The van der Waals surface area contributed by atoms with Gasteiger partial charge in [-0.3, -0.25) is 4.79 Å². The number of nitrogens with zero attached hydrogens (tertiary/aromatic N) is 1. The third kappa shape index (κ3) is 4.95. The van der Waals surface area contributed by atoms with Gasteiger partial charge in [-0.25, -0.2) is 12.8 Å². The number of amides is 1. The van der Waals surface area contributed by atoms with Gasteiger partial charge < -0.3 is 5.32 Å². The van der Waals surface area contributed by atoms with Gasteiger partial charge in [0.2, 0.25) is 0 Å². The first-order chi connectivity index (χ1) is 12.9. The van der Waals surface area contributed by atoms with Gasteiger partial charge in [-0.05, 0) is 42.5 Å². The van der Waals surface area contributed by atoms with Crippen molar-refractivity contribution in [2.24, 2.45) is 0 Å². The number of nitrogens with one attached hydrogen (secondary N) is 1. The van der Waals surface area contributed by atoms with Crippen LogP contribution in [-0.4, -0.2) is 20.1 Å². The predicted molar refractivity (Wildman–Crippen MR) is 92.4 cm³/mol. The number of anilines is 1. The average molecular weight is 412 g/mol. The Morgan fingerprint density at radius 2 is 1.75 bits per heavy atom. The average Bonchev–Trinajstić information content (AvgIpc) is 2.60. The van der Waals surface area contributed by atoms with E-state index in [-0.39, 0.29) is 10.6 Å². The third-order valence-electron chi connectivity index (χ3n) is 3.56. The molecule has 0 saturated heterocycles. The Morgan fingerprint density at radius 3 is 2.29 bits per heavy atom. The number of benzene rings is 2. The molecule has 0 aromatic heterocycles. The number of carbonyl (C=O) groups is 1. The number of hydrogen-bond donors (Lipinski definition) is 1. The summed E-state index contributed by atoms with van der Waals surface area (Å²) in [6.07, 6.45) is -4.81. The first kappa shape index (κ1) is 21.1. The molecule has 0 heterocycles. The van der Waals surface area contributed by atoms with Crippen molar-refractivity contribution in [3.8, 4) is 6.07 Å². The summed E-state index contributed by atoms with van der Waals surface area (Å²) in [6.45, 7) is 3.34. The van der Waals surface area contributed by atoms with Crippen molar-refractivity contribution in [3.05, 3.63) is 71.6 Å². The van der Waals surface area contributed by atoms with Crippen LogP contribution >= 0.6 is 0 Å². The van der Waals surface area contributed by atoms with E-state index in [4.69, 9.17) is 5.26 Å². The Hall–Kier alpha value is -3.19. The maximum absolute atomic E-state index is 13.0. The molecule has 28 heavy (non-hydrogen) atoms. The highest BCUT2D eigenvalue weighted by atomic mass is 32.2. The Kier molecular flexibility index (Phi) is 5.89. The molecule has 2 aromatic rings. The number of halogens is 4. The highest BCUT2D eigenvalue weighted by Gasteiger charge is 2.34. The zero-order valence-electron chi connectivity index (χ0n) is 14.0. The number of carbonyl (C=O) groups excluding carboxylic acids is 1. The number of alkyl halides is 3. The van der Waals surface area contributed by atoms with Gasteiger partial charge in [0.1, 0.15) is 5.82 Å². The van der Waals surface area contributed by atoms with Gasteiger partial charge in [0.25, 0.3) is 5.91 Å². The molecule has 0 fully saturated rings. The molecule has 0 aliphatic carbocycles. The van der Waals surface area contributed by atoms with Gasteiger partial charge in [0.15, 0.2) is 9.84 Å². The lowest BCUT2D eigenvalue weighted by Gasteiger charge is -2.12. The number of hydrogen-bond acceptors (Lipinski definition) is 4. The number of nitriles is 1. The zero-order valence-corrected chi connectivity index (χ0v) is 14.9. The smallest absolute Gasteiger partial charge is 0.322 e. The Labute approximate surface area is 157 Å². The lowest BCUT2D eigenvalue weighted by molar-refractivity contribution is -0.137. The van der Waals surface area contributed by atoms with Crippen LogP contribution in [0, 0.1) is 17.1 Å². The van der Waals surface area contributed by atoms with Crippen LogP contribution < -0.4 is 5.32 Å². The maximum atomic E-state index is 13.0. The summed E-state index contributed by atoms with van der Waals surface area (Å²) in [5.74, 6) is -2.47. The largest absolute Gasteiger partial charge is 0.417 e. The molecule has 10 heteroatoms. The van der Waals surface area contributed by atoms with E-state index >= 15 is 0 Å². The van der Waals surface area contributed by atoms with Gasteiger partial charge in [-0.2, -0.15) is 18.4 Å². The summed E-state index contributed by atoms with van der Waals surface area (Å²) >= 11 is 0. The molecule has 0 spiro atoms. The predicted octanol–water partition coefficient (Wildman–Crippen LogP) is 3.68. The second kappa shape index (κ2) is 7.82. The van der Waals surface area contributed by atoms with Crippen LogP contribution in [0.3, 0.4) is 0 Å². The molecule has 2 rings (SSSR count). The SMILES string of the molecule is C=C(CS(=O)(=O)c1ccc(F)cc1)C(=O)Nc1ccc(C#N)c(C(F)(F)F)c1. The van der Waals surface area contributed by atoms with E-state index in [2.05, 4.69) is 11.9 Å². The summed E-state index contributed by atoms with van der Waals surface area (Å²) < 4.78 is 76.3. The van der Waals surface area contributed by atoms with Crippen LogP contribution in [0.2, 0.25) is 0 Å². The van der Waals surface area contributed by atoms with Crippen LogP contribution in [-0.2, 0) is 20.8 Å². The van der Waals surface area contributed by atoms with Crippen LogP contribution in [0.1, 0.15) is 11.1 Å². The lowest BCUT2D eigenvalue weighted by atomic mass is 10.1. The second-order valence-electron chi connectivity index (χ2n) is 5.64. The van der Waals surface area contributed by atoms with Gasteiger partial charge in [0, 0.05) is 11.3 Å². The van der Waals surface area contributed by atoms with Crippen molar-refractivity contribution >= 4 is 21.4 Å². The zero-order chi connectivity index (χ0) is 21.1. The molecule has 0 radical (unpaired) electrons. The summed E-state index contributed by atoms with van der Waals surface area (Å²) in [5, 5.41) is 10.9. The number of rotatable bonds is 5. The summed E-state index contributed by atoms with van der Waals surface area (Å²) in [7, 11) is -4.01. The highest BCUT2D eigenvalue weighted by Crippen LogP contribution is 2.33. The Morgan fingerprint density at radius 1 is 1.14 bits per heavy atom. The van der Waals surface area contributed by atoms with Crippen LogP contribution in [0.4, 0.5) is 23.2 Å². The minimum Gasteiger partial charge on any atom is -0.322 e. The van der Waals surface area contributed by atoms with Crippen LogP contribution in [0.15, 0.2) is 59.5 Å². The van der Waals surface area contributed by atoms with Crippen molar-refractivity contribution in [2.75, 3.05) is 11.1 Å². The van der Waals surface area contributed by atoms with E-state index in [1.165, 1.54) is 6.07 Å². The van der Waals surface area contributed by atoms with E-state index in [1.807, 2.05) is 0 Å². The molecule has 146 valence electrons. The fourth-order valence-electron chi connectivity index (χ4n) is 2.19.